The Morgan fingerprint density at radius 2 is 1.80 bits per heavy atom. The zero-order valence-corrected chi connectivity index (χ0v) is 18.3. The highest BCUT2D eigenvalue weighted by molar-refractivity contribution is 7.89. The number of hydrogen-bond acceptors (Lipinski definition) is 4. The number of nitrogens with zero attached hydrogens (tertiary/aromatic N) is 1. The van der Waals surface area contributed by atoms with Crippen molar-refractivity contribution in [1.29, 1.82) is 0 Å². The Morgan fingerprint density at radius 1 is 1.10 bits per heavy atom. The number of benzene rings is 2. The summed E-state index contributed by atoms with van der Waals surface area (Å²) in [7, 11) is -2.46. The van der Waals surface area contributed by atoms with E-state index in [1.165, 1.54) is 25.3 Å². The van der Waals surface area contributed by atoms with Crippen LogP contribution in [0.1, 0.15) is 37.3 Å². The first-order chi connectivity index (χ1) is 14.3. The highest BCUT2D eigenvalue weighted by Crippen LogP contribution is 2.32. The molecule has 0 amide bonds. The molecule has 0 aliphatic carbocycles. The van der Waals surface area contributed by atoms with E-state index >= 15 is 0 Å². The minimum atomic E-state index is -3.92. The van der Waals surface area contributed by atoms with Gasteiger partial charge in [0.1, 0.15) is 17.4 Å². The van der Waals surface area contributed by atoms with Gasteiger partial charge in [0, 0.05) is 18.2 Å². The van der Waals surface area contributed by atoms with Crippen LogP contribution in [0.4, 0.5) is 8.78 Å². The summed E-state index contributed by atoms with van der Waals surface area (Å²) in [5.41, 5.74) is 0.709. The van der Waals surface area contributed by atoms with Gasteiger partial charge >= 0.3 is 0 Å². The number of halogens is 3. The zero-order valence-electron chi connectivity index (χ0n) is 16.7. The van der Waals surface area contributed by atoms with Gasteiger partial charge in [0.05, 0.1) is 23.1 Å². The number of rotatable bonds is 7. The minimum Gasteiger partial charge on any atom is -0.496 e. The van der Waals surface area contributed by atoms with E-state index in [1.54, 1.807) is 6.07 Å². The highest BCUT2D eigenvalue weighted by atomic mass is 35.5. The van der Waals surface area contributed by atoms with Gasteiger partial charge in [-0.1, -0.05) is 30.5 Å². The van der Waals surface area contributed by atoms with Crippen molar-refractivity contribution in [3.63, 3.8) is 0 Å². The van der Waals surface area contributed by atoms with Gasteiger partial charge in [0.15, 0.2) is 0 Å². The molecule has 0 bridgehead atoms. The molecule has 1 N–H and O–H groups in total. The molecular formula is C21H25ClF2N2O3S. The van der Waals surface area contributed by atoms with Gasteiger partial charge in [-0.25, -0.2) is 21.9 Å². The summed E-state index contributed by atoms with van der Waals surface area (Å²) < 4.78 is 60.7. The second-order valence-corrected chi connectivity index (χ2v) is 9.45. The topological polar surface area (TPSA) is 58.6 Å². The van der Waals surface area contributed by atoms with Crippen molar-refractivity contribution in [2.75, 3.05) is 26.7 Å². The van der Waals surface area contributed by atoms with Crippen molar-refractivity contribution in [3.05, 3.63) is 58.6 Å². The third kappa shape index (κ3) is 5.49. The smallest absolute Gasteiger partial charge is 0.240 e. The maximum absolute atomic E-state index is 13.7. The fraction of sp³-hybridized carbons (Fsp3) is 0.429. The van der Waals surface area contributed by atoms with Gasteiger partial charge in [0.2, 0.25) is 10.0 Å². The lowest BCUT2D eigenvalue weighted by molar-refractivity contribution is 0.202. The predicted octanol–water partition coefficient (Wildman–Crippen LogP) is 4.52. The second-order valence-electron chi connectivity index (χ2n) is 7.28. The molecule has 1 heterocycles. The van der Waals surface area contributed by atoms with Crippen molar-refractivity contribution >= 4 is 21.6 Å². The van der Waals surface area contributed by atoms with Crippen molar-refractivity contribution in [3.8, 4) is 5.75 Å². The Balaban J connectivity index is 1.89. The summed E-state index contributed by atoms with van der Waals surface area (Å²) in [6, 6.07) is 7.20. The number of nitrogens with one attached hydrogen (secondary N) is 1. The Hall–Kier alpha value is -1.74. The average molecular weight is 459 g/mol. The molecule has 0 radical (unpaired) electrons. The summed E-state index contributed by atoms with van der Waals surface area (Å²) in [6.45, 7) is 1.66. The fourth-order valence-electron chi connectivity index (χ4n) is 3.72. The standard InChI is InChI=1S/C21H25ClF2N2O3S/c1-29-21-12-15(23)6-8-17(21)20(26-10-4-2-3-5-11-26)14-25-30(27,28)16-7-9-19(24)18(22)13-16/h6-9,12-13,20,25H,2-5,10-11,14H2,1H3. The van der Waals surface area contributed by atoms with Crippen LogP contribution in [0.3, 0.4) is 0 Å². The molecular weight excluding hydrogens is 434 g/mol. The summed E-state index contributed by atoms with van der Waals surface area (Å²) in [6.07, 6.45) is 4.23. The molecule has 1 atom stereocenters. The molecule has 9 heteroatoms. The number of methoxy groups -OCH3 is 1. The second kappa shape index (κ2) is 10.0. The van der Waals surface area contributed by atoms with Crippen LogP contribution in [-0.4, -0.2) is 40.1 Å². The van der Waals surface area contributed by atoms with E-state index in [1.807, 2.05) is 0 Å². The Kier molecular flexibility index (Phi) is 7.68. The van der Waals surface area contributed by atoms with E-state index in [0.29, 0.717) is 11.3 Å². The molecule has 3 rings (SSSR count). The quantitative estimate of drug-likeness (QED) is 0.662. The SMILES string of the molecule is COc1cc(F)ccc1C(CNS(=O)(=O)c1ccc(F)c(Cl)c1)N1CCCCCC1. The molecule has 1 unspecified atom stereocenters. The number of sulfonamides is 1. The molecule has 1 aliphatic rings. The van der Waals surface area contributed by atoms with Gasteiger partial charge in [-0.2, -0.15) is 0 Å². The Morgan fingerprint density at radius 3 is 2.43 bits per heavy atom. The third-order valence-electron chi connectivity index (χ3n) is 5.30. The molecule has 1 fully saturated rings. The highest BCUT2D eigenvalue weighted by Gasteiger charge is 2.27. The molecule has 0 saturated carbocycles. The van der Waals surface area contributed by atoms with E-state index < -0.39 is 21.7 Å². The summed E-state index contributed by atoms with van der Waals surface area (Å²) >= 11 is 5.75. The summed E-state index contributed by atoms with van der Waals surface area (Å²) in [4.78, 5) is 2.08. The summed E-state index contributed by atoms with van der Waals surface area (Å²) in [5.74, 6) is -0.742. The van der Waals surface area contributed by atoms with Crippen molar-refractivity contribution in [2.24, 2.45) is 0 Å². The van der Waals surface area contributed by atoms with Crippen LogP contribution in [-0.2, 0) is 10.0 Å². The van der Waals surface area contributed by atoms with Crippen molar-refractivity contribution < 1.29 is 21.9 Å². The van der Waals surface area contributed by atoms with E-state index in [9.17, 15) is 17.2 Å². The van der Waals surface area contributed by atoms with Gasteiger partial charge < -0.3 is 4.74 Å². The first-order valence-electron chi connectivity index (χ1n) is 9.84. The van der Waals surface area contributed by atoms with Crippen LogP contribution >= 0.6 is 11.6 Å². The van der Waals surface area contributed by atoms with E-state index in [0.717, 1.165) is 50.9 Å². The lowest BCUT2D eigenvalue weighted by atomic mass is 10.0. The molecule has 1 aliphatic heterocycles. The number of ether oxygens (including phenoxy) is 1. The van der Waals surface area contributed by atoms with Crippen LogP contribution < -0.4 is 9.46 Å². The van der Waals surface area contributed by atoms with Gasteiger partial charge in [-0.15, -0.1) is 0 Å². The normalized spacial score (nSPS) is 16.8. The number of hydrogen-bond donors (Lipinski definition) is 1. The molecule has 2 aromatic carbocycles. The molecule has 0 aromatic heterocycles. The molecule has 5 nitrogen and oxygen atoms in total. The van der Waals surface area contributed by atoms with Gasteiger partial charge in [-0.3, -0.25) is 4.90 Å². The maximum Gasteiger partial charge on any atom is 0.240 e. The molecule has 0 spiro atoms. The number of likely N-dealkylation sites (tertiary alicyclic amines) is 1. The Bertz CT molecular complexity index is 980. The third-order valence-corrected chi connectivity index (χ3v) is 7.01. The van der Waals surface area contributed by atoms with Crippen molar-refractivity contribution in [2.45, 2.75) is 36.6 Å². The van der Waals surface area contributed by atoms with Crippen molar-refractivity contribution in [1.82, 2.24) is 9.62 Å². The maximum atomic E-state index is 13.7. The molecule has 30 heavy (non-hydrogen) atoms. The van der Waals surface area contributed by atoms with Gasteiger partial charge in [-0.05, 0) is 50.2 Å². The zero-order chi connectivity index (χ0) is 21.7. The minimum absolute atomic E-state index is 0.0549. The van der Waals surface area contributed by atoms with Crippen LogP contribution in [0.25, 0.3) is 0 Å². The Labute approximate surface area is 181 Å². The fourth-order valence-corrected chi connectivity index (χ4v) is 5.03. The van der Waals surface area contributed by atoms with Crippen LogP contribution in [0.15, 0.2) is 41.3 Å². The predicted molar refractivity (Wildman–Crippen MR) is 112 cm³/mol. The van der Waals surface area contributed by atoms with E-state index in [4.69, 9.17) is 16.3 Å². The van der Waals surface area contributed by atoms with E-state index in [-0.39, 0.29) is 22.5 Å². The van der Waals surface area contributed by atoms with Crippen LogP contribution in [0, 0.1) is 11.6 Å². The largest absolute Gasteiger partial charge is 0.496 e. The first-order valence-corrected chi connectivity index (χ1v) is 11.7. The lowest BCUT2D eigenvalue weighted by Crippen LogP contribution is -2.39. The molecule has 2 aromatic rings. The summed E-state index contributed by atoms with van der Waals surface area (Å²) in [5, 5.41) is -0.262. The monoisotopic (exact) mass is 458 g/mol. The average Bonchev–Trinajstić information content (AvgIpc) is 3.00. The van der Waals surface area contributed by atoms with Gasteiger partial charge in [0.25, 0.3) is 0 Å². The van der Waals surface area contributed by atoms with Crippen LogP contribution in [0.2, 0.25) is 5.02 Å². The molecule has 164 valence electrons. The van der Waals surface area contributed by atoms with E-state index in [2.05, 4.69) is 9.62 Å². The molecule has 1 saturated heterocycles. The first kappa shape index (κ1) is 22.9. The van der Waals surface area contributed by atoms with Crippen LogP contribution in [0.5, 0.6) is 5.75 Å². The lowest BCUT2D eigenvalue weighted by Gasteiger charge is -2.32.